The third kappa shape index (κ3) is 4.18. The number of rotatable bonds is 5. The molecule has 2 heterocycles. The standard InChI is InChI=1S/C17H13F3N4O2/c18-17(19,20)12-5-1-2-6-13(12)24-16(25)14-9-23-15(10-21-14)22-8-11-4-3-7-26-11/h1-7,9-10H,8H2,(H,22,23)(H,24,25). The summed E-state index contributed by atoms with van der Waals surface area (Å²) in [7, 11) is 0. The van der Waals surface area contributed by atoms with E-state index in [0.717, 1.165) is 6.07 Å². The molecular weight excluding hydrogens is 349 g/mol. The molecule has 2 aromatic heterocycles. The number of carbonyl (C=O) groups is 1. The molecule has 9 heteroatoms. The van der Waals surface area contributed by atoms with Crippen LogP contribution in [-0.2, 0) is 12.7 Å². The number of aromatic nitrogens is 2. The molecule has 134 valence electrons. The maximum Gasteiger partial charge on any atom is 0.418 e. The fourth-order valence-corrected chi connectivity index (χ4v) is 2.15. The summed E-state index contributed by atoms with van der Waals surface area (Å²) in [5.41, 5.74) is -1.38. The fraction of sp³-hybridized carbons (Fsp3) is 0.118. The molecule has 0 spiro atoms. The molecule has 0 saturated carbocycles. The molecule has 0 aliphatic rings. The van der Waals surface area contributed by atoms with Crippen LogP contribution in [0.1, 0.15) is 21.8 Å². The first-order valence-corrected chi connectivity index (χ1v) is 7.49. The van der Waals surface area contributed by atoms with Crippen molar-refractivity contribution in [2.24, 2.45) is 0 Å². The number of halogens is 3. The summed E-state index contributed by atoms with van der Waals surface area (Å²) in [6.45, 7) is 0.381. The van der Waals surface area contributed by atoms with Crippen LogP contribution in [0.25, 0.3) is 0 Å². The van der Waals surface area contributed by atoms with E-state index in [1.165, 1.54) is 36.9 Å². The van der Waals surface area contributed by atoms with Crippen LogP contribution in [0.15, 0.2) is 59.5 Å². The quantitative estimate of drug-likeness (QED) is 0.718. The summed E-state index contributed by atoms with van der Waals surface area (Å²) in [4.78, 5) is 20.1. The molecule has 3 rings (SSSR count). The number of benzene rings is 1. The summed E-state index contributed by atoms with van der Waals surface area (Å²) in [6, 6.07) is 8.24. The third-order valence-corrected chi connectivity index (χ3v) is 3.39. The maximum atomic E-state index is 13.0. The molecule has 3 aromatic rings. The van der Waals surface area contributed by atoms with Crippen molar-refractivity contribution in [1.29, 1.82) is 0 Å². The number of nitrogens with one attached hydrogen (secondary N) is 2. The minimum absolute atomic E-state index is 0.106. The van der Waals surface area contributed by atoms with Gasteiger partial charge in [-0.1, -0.05) is 12.1 Å². The first kappa shape index (κ1) is 17.5. The zero-order chi connectivity index (χ0) is 18.6. The molecule has 0 radical (unpaired) electrons. The lowest BCUT2D eigenvalue weighted by Gasteiger charge is -2.13. The molecule has 0 fully saturated rings. The maximum absolute atomic E-state index is 13.0. The molecule has 6 nitrogen and oxygen atoms in total. The highest BCUT2D eigenvalue weighted by Crippen LogP contribution is 2.34. The number of hydrogen-bond acceptors (Lipinski definition) is 5. The summed E-state index contributed by atoms with van der Waals surface area (Å²) >= 11 is 0. The Labute approximate surface area is 146 Å². The van der Waals surface area contributed by atoms with Gasteiger partial charge in [-0.3, -0.25) is 4.79 Å². The molecule has 2 N–H and O–H groups in total. The van der Waals surface area contributed by atoms with E-state index >= 15 is 0 Å². The van der Waals surface area contributed by atoms with Crippen molar-refractivity contribution in [2.75, 3.05) is 10.6 Å². The number of hydrogen-bond donors (Lipinski definition) is 2. The molecule has 1 aromatic carbocycles. The van der Waals surface area contributed by atoms with Crippen molar-refractivity contribution < 1.29 is 22.4 Å². The lowest BCUT2D eigenvalue weighted by molar-refractivity contribution is -0.136. The number of para-hydroxylation sites is 1. The highest BCUT2D eigenvalue weighted by atomic mass is 19.4. The monoisotopic (exact) mass is 362 g/mol. The molecule has 0 aliphatic carbocycles. The summed E-state index contributed by atoms with van der Waals surface area (Å²) in [6.07, 6.45) is -0.548. The highest BCUT2D eigenvalue weighted by Gasteiger charge is 2.33. The van der Waals surface area contributed by atoms with Gasteiger partial charge in [0.1, 0.15) is 17.3 Å². The van der Waals surface area contributed by atoms with Gasteiger partial charge in [0, 0.05) is 0 Å². The van der Waals surface area contributed by atoms with Gasteiger partial charge in [0.15, 0.2) is 0 Å². The average Bonchev–Trinajstić information content (AvgIpc) is 3.13. The first-order chi connectivity index (χ1) is 12.4. The Balaban J connectivity index is 1.67. The van der Waals surface area contributed by atoms with Crippen LogP contribution in [0.5, 0.6) is 0 Å². The minimum Gasteiger partial charge on any atom is -0.467 e. The Hall–Kier alpha value is -3.36. The van der Waals surface area contributed by atoms with E-state index in [1.54, 1.807) is 12.1 Å². The van der Waals surface area contributed by atoms with Gasteiger partial charge in [-0.25, -0.2) is 9.97 Å². The Morgan fingerprint density at radius 3 is 2.54 bits per heavy atom. The van der Waals surface area contributed by atoms with E-state index in [9.17, 15) is 18.0 Å². The SMILES string of the molecule is O=C(Nc1ccccc1C(F)(F)F)c1cnc(NCc2ccco2)cn1. The number of nitrogens with zero attached hydrogens (tertiary/aromatic N) is 2. The van der Waals surface area contributed by atoms with Crippen molar-refractivity contribution in [2.45, 2.75) is 12.7 Å². The van der Waals surface area contributed by atoms with Gasteiger partial charge in [0.05, 0.1) is 36.5 Å². The molecule has 1 amide bonds. The van der Waals surface area contributed by atoms with Crippen molar-refractivity contribution in [3.05, 3.63) is 72.1 Å². The second-order valence-electron chi connectivity index (χ2n) is 5.22. The normalized spacial score (nSPS) is 11.2. The molecule has 0 saturated heterocycles. The molecule has 0 unspecified atom stereocenters. The number of anilines is 2. The van der Waals surface area contributed by atoms with Crippen molar-refractivity contribution in [3.8, 4) is 0 Å². The molecular formula is C17H13F3N4O2. The van der Waals surface area contributed by atoms with Gasteiger partial charge >= 0.3 is 6.18 Å². The fourth-order valence-electron chi connectivity index (χ4n) is 2.15. The van der Waals surface area contributed by atoms with Gasteiger partial charge in [0.2, 0.25) is 0 Å². The highest BCUT2D eigenvalue weighted by molar-refractivity contribution is 6.03. The van der Waals surface area contributed by atoms with Crippen LogP contribution >= 0.6 is 0 Å². The van der Waals surface area contributed by atoms with E-state index in [2.05, 4.69) is 20.6 Å². The van der Waals surface area contributed by atoms with Crippen molar-refractivity contribution in [3.63, 3.8) is 0 Å². The lowest BCUT2D eigenvalue weighted by atomic mass is 10.1. The largest absolute Gasteiger partial charge is 0.467 e. The second-order valence-corrected chi connectivity index (χ2v) is 5.22. The predicted molar refractivity (Wildman–Crippen MR) is 87.5 cm³/mol. The van der Waals surface area contributed by atoms with Crippen LogP contribution in [0.3, 0.4) is 0 Å². The van der Waals surface area contributed by atoms with Crippen LogP contribution in [-0.4, -0.2) is 15.9 Å². The lowest BCUT2D eigenvalue weighted by Crippen LogP contribution is -2.18. The predicted octanol–water partition coefficient (Wildman–Crippen LogP) is 3.95. The molecule has 0 aliphatic heterocycles. The second kappa shape index (κ2) is 7.26. The van der Waals surface area contributed by atoms with E-state index in [4.69, 9.17) is 4.42 Å². The summed E-state index contributed by atoms with van der Waals surface area (Å²) in [5.74, 6) is 0.304. The number of furan rings is 1. The van der Waals surface area contributed by atoms with Crippen LogP contribution in [0, 0.1) is 0 Å². The van der Waals surface area contributed by atoms with Gasteiger partial charge in [0.25, 0.3) is 5.91 Å². The zero-order valence-corrected chi connectivity index (χ0v) is 13.2. The number of carbonyl (C=O) groups excluding carboxylic acids is 1. The van der Waals surface area contributed by atoms with E-state index < -0.39 is 17.6 Å². The van der Waals surface area contributed by atoms with E-state index in [-0.39, 0.29) is 11.4 Å². The van der Waals surface area contributed by atoms with E-state index in [0.29, 0.717) is 18.1 Å². The molecule has 26 heavy (non-hydrogen) atoms. The summed E-state index contributed by atoms with van der Waals surface area (Å²) in [5, 5.41) is 5.15. The first-order valence-electron chi connectivity index (χ1n) is 7.49. The van der Waals surface area contributed by atoms with Crippen LogP contribution in [0.4, 0.5) is 24.7 Å². The Kier molecular flexibility index (Phi) is 4.87. The number of alkyl halides is 3. The van der Waals surface area contributed by atoms with Gasteiger partial charge < -0.3 is 15.1 Å². The Morgan fingerprint density at radius 2 is 1.88 bits per heavy atom. The Bertz CT molecular complexity index is 878. The van der Waals surface area contributed by atoms with Crippen LogP contribution < -0.4 is 10.6 Å². The smallest absolute Gasteiger partial charge is 0.418 e. The number of amides is 1. The molecule has 0 bridgehead atoms. The zero-order valence-electron chi connectivity index (χ0n) is 13.2. The van der Waals surface area contributed by atoms with Crippen molar-refractivity contribution >= 4 is 17.4 Å². The Morgan fingerprint density at radius 1 is 1.08 bits per heavy atom. The minimum atomic E-state index is -4.57. The van der Waals surface area contributed by atoms with Gasteiger partial charge in [-0.2, -0.15) is 13.2 Å². The van der Waals surface area contributed by atoms with Crippen molar-refractivity contribution in [1.82, 2.24) is 9.97 Å². The average molecular weight is 362 g/mol. The third-order valence-electron chi connectivity index (χ3n) is 3.39. The topological polar surface area (TPSA) is 80.0 Å². The summed E-state index contributed by atoms with van der Waals surface area (Å²) < 4.78 is 44.0. The van der Waals surface area contributed by atoms with Gasteiger partial charge in [-0.05, 0) is 24.3 Å². The van der Waals surface area contributed by atoms with Crippen LogP contribution in [0.2, 0.25) is 0 Å². The van der Waals surface area contributed by atoms with E-state index in [1.807, 2.05) is 0 Å². The van der Waals surface area contributed by atoms with Gasteiger partial charge in [-0.15, -0.1) is 0 Å². The molecule has 0 atom stereocenters.